The summed E-state index contributed by atoms with van der Waals surface area (Å²) in [7, 11) is 0. The van der Waals surface area contributed by atoms with Crippen LogP contribution in [0.25, 0.3) is 10.9 Å². The molecule has 3 heteroatoms. The van der Waals surface area contributed by atoms with Gasteiger partial charge in [0, 0.05) is 9.86 Å². The first-order chi connectivity index (χ1) is 9.25. The van der Waals surface area contributed by atoms with Crippen molar-refractivity contribution < 1.29 is 4.79 Å². The molecule has 0 radical (unpaired) electrons. The lowest BCUT2D eigenvalue weighted by Crippen LogP contribution is -2.09. The molecule has 1 aromatic heterocycles. The molecule has 2 aromatic rings. The Morgan fingerprint density at radius 3 is 2.84 bits per heavy atom. The number of benzene rings is 1. The van der Waals surface area contributed by atoms with Crippen LogP contribution in [0, 0.1) is 0 Å². The number of carbonyl (C=O) groups is 1. The number of Topliss-reactive ketones (excluding diaryl/α,β-unsaturated/α-hetero) is 1. The first kappa shape index (κ1) is 12.5. The van der Waals surface area contributed by atoms with E-state index in [2.05, 4.69) is 27.0 Å². The minimum atomic E-state index is 0.0670. The molecule has 2 nitrogen and oxygen atoms in total. The summed E-state index contributed by atoms with van der Waals surface area (Å²) in [6.45, 7) is 0. The van der Waals surface area contributed by atoms with Gasteiger partial charge in [0.1, 0.15) is 5.69 Å². The molecule has 0 saturated carbocycles. The molecule has 0 aliphatic heterocycles. The van der Waals surface area contributed by atoms with E-state index in [9.17, 15) is 4.79 Å². The zero-order valence-corrected chi connectivity index (χ0v) is 12.1. The highest BCUT2D eigenvalue weighted by atomic mass is 79.9. The first-order valence-corrected chi connectivity index (χ1v) is 7.34. The Labute approximate surface area is 120 Å². The van der Waals surface area contributed by atoms with Crippen molar-refractivity contribution in [2.45, 2.75) is 25.7 Å². The second-order valence-corrected chi connectivity index (χ2v) is 5.67. The summed E-state index contributed by atoms with van der Waals surface area (Å²) in [5, 5.41) is 1.04. The van der Waals surface area contributed by atoms with Gasteiger partial charge in [-0.3, -0.25) is 4.79 Å². The van der Waals surface area contributed by atoms with Gasteiger partial charge in [-0.25, -0.2) is 4.98 Å². The number of nitrogens with zero attached hydrogens (tertiary/aromatic N) is 1. The van der Waals surface area contributed by atoms with Gasteiger partial charge < -0.3 is 0 Å². The second-order valence-electron chi connectivity index (χ2n) is 4.82. The maximum absolute atomic E-state index is 12.5. The van der Waals surface area contributed by atoms with E-state index in [0.717, 1.165) is 40.2 Å². The third kappa shape index (κ3) is 2.47. The zero-order chi connectivity index (χ0) is 13.2. The van der Waals surface area contributed by atoms with Crippen molar-refractivity contribution in [3.05, 3.63) is 52.1 Å². The minimum Gasteiger partial charge on any atom is -0.287 e. The van der Waals surface area contributed by atoms with Crippen LogP contribution in [0.15, 0.2) is 46.5 Å². The number of halogens is 1. The van der Waals surface area contributed by atoms with Crippen molar-refractivity contribution in [2.24, 2.45) is 0 Å². The number of allylic oxidation sites excluding steroid dienone is 2. The summed E-state index contributed by atoms with van der Waals surface area (Å²) in [6, 6.07) is 9.83. The summed E-state index contributed by atoms with van der Waals surface area (Å²) >= 11 is 3.47. The number of fused-ring (bicyclic) bond motifs is 1. The molecule has 0 unspecified atom stereocenters. The smallest absolute Gasteiger partial charge is 0.208 e. The third-order valence-electron chi connectivity index (χ3n) is 3.48. The van der Waals surface area contributed by atoms with Crippen LogP contribution in [0.3, 0.4) is 0 Å². The largest absolute Gasteiger partial charge is 0.287 e. The fourth-order valence-corrected chi connectivity index (χ4v) is 2.96. The van der Waals surface area contributed by atoms with Gasteiger partial charge >= 0.3 is 0 Å². The summed E-state index contributed by atoms with van der Waals surface area (Å²) in [5.74, 6) is 0.0670. The predicted molar refractivity (Wildman–Crippen MR) is 80.3 cm³/mol. The van der Waals surface area contributed by atoms with Crippen molar-refractivity contribution in [1.82, 2.24) is 4.98 Å². The molecule has 1 aliphatic rings. The van der Waals surface area contributed by atoms with Crippen LogP contribution in [0.2, 0.25) is 0 Å². The van der Waals surface area contributed by atoms with E-state index in [4.69, 9.17) is 0 Å². The van der Waals surface area contributed by atoms with Crippen molar-refractivity contribution in [3.8, 4) is 0 Å². The number of para-hydroxylation sites is 1. The van der Waals surface area contributed by atoms with Crippen LogP contribution < -0.4 is 0 Å². The lowest BCUT2D eigenvalue weighted by Gasteiger charge is -2.12. The number of ketones is 1. The van der Waals surface area contributed by atoms with Crippen molar-refractivity contribution >= 4 is 32.6 Å². The van der Waals surface area contributed by atoms with Crippen LogP contribution in [0.5, 0.6) is 0 Å². The highest BCUT2D eigenvalue weighted by molar-refractivity contribution is 9.10. The maximum Gasteiger partial charge on any atom is 0.208 e. The molecule has 19 heavy (non-hydrogen) atoms. The van der Waals surface area contributed by atoms with Gasteiger partial charge in [-0.05, 0) is 59.3 Å². The van der Waals surface area contributed by atoms with Gasteiger partial charge in [-0.1, -0.05) is 24.3 Å². The van der Waals surface area contributed by atoms with Gasteiger partial charge in [0.25, 0.3) is 0 Å². The van der Waals surface area contributed by atoms with E-state index in [-0.39, 0.29) is 5.78 Å². The lowest BCUT2D eigenvalue weighted by molar-refractivity contribution is 0.102. The van der Waals surface area contributed by atoms with E-state index >= 15 is 0 Å². The molecule has 0 fully saturated rings. The first-order valence-electron chi connectivity index (χ1n) is 6.55. The van der Waals surface area contributed by atoms with E-state index < -0.39 is 0 Å². The Morgan fingerprint density at radius 2 is 2.05 bits per heavy atom. The van der Waals surface area contributed by atoms with Gasteiger partial charge in [-0.15, -0.1) is 0 Å². The zero-order valence-electron chi connectivity index (χ0n) is 10.5. The van der Waals surface area contributed by atoms with E-state index in [1.165, 1.54) is 6.42 Å². The normalized spacial score (nSPS) is 15.3. The number of aromatic nitrogens is 1. The Balaban J connectivity index is 2.06. The number of hydrogen-bond donors (Lipinski definition) is 0. The van der Waals surface area contributed by atoms with Gasteiger partial charge in [-0.2, -0.15) is 0 Å². The molecule has 1 aliphatic carbocycles. The van der Waals surface area contributed by atoms with Crippen molar-refractivity contribution in [2.75, 3.05) is 0 Å². The van der Waals surface area contributed by atoms with E-state index in [0.29, 0.717) is 5.69 Å². The van der Waals surface area contributed by atoms with E-state index in [1.807, 2.05) is 30.3 Å². The maximum atomic E-state index is 12.5. The SMILES string of the molecule is O=C(C1=CCCCC1)c1nc2ccccc2cc1Br. The van der Waals surface area contributed by atoms with Crippen LogP contribution in [0.4, 0.5) is 0 Å². The van der Waals surface area contributed by atoms with Crippen LogP contribution in [-0.2, 0) is 0 Å². The Morgan fingerprint density at radius 1 is 1.21 bits per heavy atom. The van der Waals surface area contributed by atoms with E-state index in [1.54, 1.807) is 0 Å². The second kappa shape index (κ2) is 5.25. The predicted octanol–water partition coefficient (Wildman–Crippen LogP) is 4.68. The van der Waals surface area contributed by atoms with Crippen LogP contribution >= 0.6 is 15.9 Å². The Kier molecular flexibility index (Phi) is 3.47. The highest BCUT2D eigenvalue weighted by Crippen LogP contribution is 2.26. The number of rotatable bonds is 2. The molecule has 3 rings (SSSR count). The van der Waals surface area contributed by atoms with Gasteiger partial charge in [0.05, 0.1) is 5.52 Å². The van der Waals surface area contributed by atoms with Gasteiger partial charge in [0.15, 0.2) is 0 Å². The van der Waals surface area contributed by atoms with Gasteiger partial charge in [0.2, 0.25) is 5.78 Å². The average molecular weight is 316 g/mol. The minimum absolute atomic E-state index is 0.0670. The van der Waals surface area contributed by atoms with Crippen LogP contribution in [0.1, 0.15) is 36.2 Å². The summed E-state index contributed by atoms with van der Waals surface area (Å²) < 4.78 is 0.780. The number of pyridine rings is 1. The molecule has 0 spiro atoms. The summed E-state index contributed by atoms with van der Waals surface area (Å²) in [6.07, 6.45) is 6.23. The quantitative estimate of drug-likeness (QED) is 0.753. The van der Waals surface area contributed by atoms with Crippen LogP contribution in [-0.4, -0.2) is 10.8 Å². The molecule has 0 atom stereocenters. The molecule has 96 valence electrons. The standard InChI is InChI=1S/C16H14BrNO/c17-13-10-12-8-4-5-9-14(12)18-15(13)16(19)11-6-2-1-3-7-11/h4-6,8-10H,1-3,7H2. The molecule has 0 saturated heterocycles. The molecular formula is C16H14BrNO. The topological polar surface area (TPSA) is 30.0 Å². The molecule has 1 heterocycles. The molecule has 0 N–H and O–H groups in total. The summed E-state index contributed by atoms with van der Waals surface area (Å²) in [5.41, 5.74) is 2.31. The summed E-state index contributed by atoms with van der Waals surface area (Å²) in [4.78, 5) is 17.0. The lowest BCUT2D eigenvalue weighted by atomic mass is 9.95. The number of carbonyl (C=O) groups excluding carboxylic acids is 1. The molecule has 0 bridgehead atoms. The average Bonchev–Trinajstić information content (AvgIpc) is 2.47. The third-order valence-corrected chi connectivity index (χ3v) is 4.08. The number of hydrogen-bond acceptors (Lipinski definition) is 2. The Bertz CT molecular complexity index is 676. The van der Waals surface area contributed by atoms with Crippen molar-refractivity contribution in [1.29, 1.82) is 0 Å². The molecule has 1 aromatic carbocycles. The van der Waals surface area contributed by atoms with Crippen molar-refractivity contribution in [3.63, 3.8) is 0 Å². The molecular weight excluding hydrogens is 302 g/mol. The molecule has 0 amide bonds. The Hall–Kier alpha value is -1.48. The fraction of sp³-hybridized carbons (Fsp3) is 0.250. The highest BCUT2D eigenvalue weighted by Gasteiger charge is 2.18. The fourth-order valence-electron chi connectivity index (χ4n) is 2.45. The monoisotopic (exact) mass is 315 g/mol.